The van der Waals surface area contributed by atoms with Gasteiger partial charge in [-0.15, -0.1) is 11.6 Å². The fourth-order valence-corrected chi connectivity index (χ4v) is 3.66. The van der Waals surface area contributed by atoms with E-state index in [9.17, 15) is 4.79 Å². The zero-order valence-corrected chi connectivity index (χ0v) is 15.4. The van der Waals surface area contributed by atoms with Crippen molar-refractivity contribution in [2.45, 2.75) is 24.5 Å². The molecule has 2 aromatic rings. The number of nitrogen functional groups attached to an aromatic ring is 1. The number of ether oxygens (including phenoxy) is 1. The molecule has 3 rings (SSSR count). The number of carbonyl (C=O) groups is 1. The minimum Gasteiger partial charge on any atom is -0.497 e. The number of thioether (sulfide) groups is 1. The van der Waals surface area contributed by atoms with Crippen LogP contribution in [0.5, 0.6) is 5.75 Å². The molecular formula is C17H19ClN4O2S. The summed E-state index contributed by atoms with van der Waals surface area (Å²) in [6.45, 7) is 0.443. The molecule has 1 aromatic carbocycles. The van der Waals surface area contributed by atoms with Crippen molar-refractivity contribution in [3.8, 4) is 5.75 Å². The Morgan fingerprint density at radius 1 is 1.32 bits per heavy atom. The summed E-state index contributed by atoms with van der Waals surface area (Å²) >= 11 is 7.20. The first-order valence-corrected chi connectivity index (χ1v) is 9.43. The highest BCUT2D eigenvalue weighted by molar-refractivity contribution is 7.99. The van der Waals surface area contributed by atoms with Crippen LogP contribution in [0.3, 0.4) is 0 Å². The Kier molecular flexibility index (Phi) is 5.65. The zero-order valence-electron chi connectivity index (χ0n) is 13.9. The van der Waals surface area contributed by atoms with Crippen LogP contribution in [0.15, 0.2) is 29.4 Å². The van der Waals surface area contributed by atoms with Gasteiger partial charge in [0.1, 0.15) is 17.4 Å². The number of amides is 1. The van der Waals surface area contributed by atoms with Crippen molar-refractivity contribution in [3.63, 3.8) is 0 Å². The molecule has 0 bridgehead atoms. The third kappa shape index (κ3) is 3.99. The van der Waals surface area contributed by atoms with Gasteiger partial charge in [-0.05, 0) is 24.1 Å². The van der Waals surface area contributed by atoms with Gasteiger partial charge >= 0.3 is 0 Å². The van der Waals surface area contributed by atoms with Crippen LogP contribution in [0.4, 0.5) is 11.6 Å². The number of anilines is 2. The van der Waals surface area contributed by atoms with E-state index in [2.05, 4.69) is 9.97 Å². The second kappa shape index (κ2) is 7.93. The summed E-state index contributed by atoms with van der Waals surface area (Å²) in [5.41, 5.74) is 7.75. The minimum absolute atomic E-state index is 0.0188. The normalized spacial score (nSPS) is 13.2. The molecule has 0 aliphatic carbocycles. The molecule has 0 radical (unpaired) electrons. The maximum absolute atomic E-state index is 12.4. The van der Waals surface area contributed by atoms with Gasteiger partial charge in [-0.2, -0.15) is 0 Å². The lowest BCUT2D eigenvalue weighted by molar-refractivity contribution is -0.117. The molecule has 0 spiro atoms. The lowest BCUT2D eigenvalue weighted by atomic mass is 10.2. The van der Waals surface area contributed by atoms with Crippen molar-refractivity contribution < 1.29 is 9.53 Å². The van der Waals surface area contributed by atoms with Gasteiger partial charge in [0.2, 0.25) is 5.91 Å². The van der Waals surface area contributed by atoms with Crippen LogP contribution in [0.25, 0.3) is 0 Å². The van der Waals surface area contributed by atoms with Gasteiger partial charge in [-0.25, -0.2) is 9.97 Å². The Morgan fingerprint density at radius 2 is 2.08 bits per heavy atom. The molecule has 25 heavy (non-hydrogen) atoms. The number of alkyl halides is 1. The summed E-state index contributed by atoms with van der Waals surface area (Å²) in [6.07, 6.45) is 1.10. The highest BCUT2D eigenvalue weighted by atomic mass is 35.5. The van der Waals surface area contributed by atoms with Crippen LogP contribution in [0, 0.1) is 0 Å². The highest BCUT2D eigenvalue weighted by Gasteiger charge is 2.32. The Morgan fingerprint density at radius 3 is 2.76 bits per heavy atom. The molecule has 0 unspecified atom stereocenters. The first kappa shape index (κ1) is 17.8. The predicted molar refractivity (Wildman–Crippen MR) is 100 cm³/mol. The molecule has 1 aliphatic rings. The SMILES string of the molecule is COc1ccc(CN2C(=O)Cc3c(N)nc(SCCCCl)nc32)cc1. The molecule has 2 heterocycles. The van der Waals surface area contributed by atoms with Crippen LogP contribution in [-0.4, -0.2) is 34.6 Å². The Balaban J connectivity index is 1.83. The lowest BCUT2D eigenvalue weighted by Crippen LogP contribution is -2.26. The molecule has 6 nitrogen and oxygen atoms in total. The zero-order chi connectivity index (χ0) is 17.8. The lowest BCUT2D eigenvalue weighted by Gasteiger charge is -2.17. The standard InChI is InChI=1S/C17H19ClN4O2S/c1-24-12-5-3-11(4-6-12)10-22-14(23)9-13-15(19)20-17(21-16(13)22)25-8-2-7-18/h3-6H,2,7-10H2,1H3,(H2,19,20,21). The van der Waals surface area contributed by atoms with Crippen LogP contribution in [0.1, 0.15) is 17.5 Å². The molecule has 1 aromatic heterocycles. The number of carbonyl (C=O) groups excluding carboxylic acids is 1. The topological polar surface area (TPSA) is 81.3 Å². The van der Waals surface area contributed by atoms with Gasteiger partial charge in [0.05, 0.1) is 20.1 Å². The van der Waals surface area contributed by atoms with Crippen LogP contribution in [0.2, 0.25) is 0 Å². The maximum Gasteiger partial charge on any atom is 0.233 e. The van der Waals surface area contributed by atoms with Crippen LogP contribution < -0.4 is 15.4 Å². The summed E-state index contributed by atoms with van der Waals surface area (Å²) in [5, 5.41) is 0.579. The molecule has 132 valence electrons. The summed E-state index contributed by atoms with van der Waals surface area (Å²) in [7, 11) is 1.62. The first-order chi connectivity index (χ1) is 12.1. The number of fused-ring (bicyclic) bond motifs is 1. The van der Waals surface area contributed by atoms with E-state index < -0.39 is 0 Å². The number of halogens is 1. The van der Waals surface area contributed by atoms with Gasteiger partial charge in [0, 0.05) is 17.2 Å². The van der Waals surface area contributed by atoms with E-state index in [-0.39, 0.29) is 12.3 Å². The van der Waals surface area contributed by atoms with E-state index >= 15 is 0 Å². The third-order valence-corrected chi connectivity index (χ3v) is 5.09. The summed E-state index contributed by atoms with van der Waals surface area (Å²) in [6, 6.07) is 7.62. The Labute approximate surface area is 155 Å². The second-order valence-corrected chi connectivity index (χ2v) is 7.03. The molecule has 1 amide bonds. The molecular weight excluding hydrogens is 360 g/mol. The summed E-state index contributed by atoms with van der Waals surface area (Å²) < 4.78 is 5.16. The molecule has 8 heteroatoms. The molecule has 2 N–H and O–H groups in total. The monoisotopic (exact) mass is 378 g/mol. The van der Waals surface area contributed by atoms with Crippen LogP contribution in [-0.2, 0) is 17.8 Å². The first-order valence-electron chi connectivity index (χ1n) is 7.91. The number of rotatable bonds is 7. The van der Waals surface area contributed by atoms with E-state index in [4.69, 9.17) is 22.1 Å². The van der Waals surface area contributed by atoms with E-state index in [1.807, 2.05) is 24.3 Å². The number of nitrogens with zero attached hydrogens (tertiary/aromatic N) is 3. The van der Waals surface area contributed by atoms with Gasteiger partial charge in [-0.3, -0.25) is 9.69 Å². The van der Waals surface area contributed by atoms with E-state index in [1.165, 1.54) is 11.8 Å². The van der Waals surface area contributed by atoms with Gasteiger partial charge in [0.15, 0.2) is 5.16 Å². The summed E-state index contributed by atoms with van der Waals surface area (Å²) in [5.74, 6) is 3.16. The number of nitrogens with two attached hydrogens (primary N) is 1. The molecule has 0 saturated carbocycles. The highest BCUT2D eigenvalue weighted by Crippen LogP contribution is 2.33. The number of hydrogen-bond acceptors (Lipinski definition) is 6. The van der Waals surface area contributed by atoms with Crippen molar-refractivity contribution >= 4 is 40.9 Å². The van der Waals surface area contributed by atoms with Crippen molar-refractivity contribution in [2.75, 3.05) is 29.4 Å². The van der Waals surface area contributed by atoms with E-state index in [0.717, 1.165) is 23.5 Å². The smallest absolute Gasteiger partial charge is 0.233 e. The fourth-order valence-electron chi connectivity index (χ4n) is 2.58. The number of hydrogen-bond donors (Lipinski definition) is 1. The van der Waals surface area contributed by atoms with Gasteiger partial charge in [-0.1, -0.05) is 23.9 Å². The second-order valence-electron chi connectivity index (χ2n) is 5.59. The predicted octanol–water partition coefficient (Wildman–Crippen LogP) is 2.88. The van der Waals surface area contributed by atoms with E-state index in [0.29, 0.717) is 34.8 Å². The largest absolute Gasteiger partial charge is 0.497 e. The van der Waals surface area contributed by atoms with Crippen molar-refractivity contribution in [1.29, 1.82) is 0 Å². The summed E-state index contributed by atoms with van der Waals surface area (Å²) in [4.78, 5) is 23.0. The molecule has 0 fully saturated rings. The molecule has 0 atom stereocenters. The third-order valence-electron chi connectivity index (χ3n) is 3.89. The Hall–Kier alpha value is -1.99. The number of methoxy groups -OCH3 is 1. The van der Waals surface area contributed by atoms with Crippen molar-refractivity contribution in [2.24, 2.45) is 0 Å². The number of aromatic nitrogens is 2. The maximum atomic E-state index is 12.4. The van der Waals surface area contributed by atoms with Crippen molar-refractivity contribution in [1.82, 2.24) is 9.97 Å². The van der Waals surface area contributed by atoms with E-state index in [1.54, 1.807) is 12.0 Å². The minimum atomic E-state index is -0.0188. The Bertz CT molecular complexity index is 770. The fraction of sp³-hybridized carbons (Fsp3) is 0.353. The van der Waals surface area contributed by atoms with Gasteiger partial charge < -0.3 is 10.5 Å². The van der Waals surface area contributed by atoms with Gasteiger partial charge in [0.25, 0.3) is 0 Å². The quantitative estimate of drug-likeness (QED) is 0.345. The molecule has 0 saturated heterocycles. The van der Waals surface area contributed by atoms with Crippen molar-refractivity contribution in [3.05, 3.63) is 35.4 Å². The molecule has 1 aliphatic heterocycles. The number of benzene rings is 1. The average Bonchev–Trinajstić information content (AvgIpc) is 2.93. The average molecular weight is 379 g/mol. The van der Waals surface area contributed by atoms with Crippen LogP contribution >= 0.6 is 23.4 Å².